The number of imidazole rings is 1. The molecular weight excluding hydrogens is 344 g/mol. The van der Waals surface area contributed by atoms with Crippen molar-refractivity contribution in [2.45, 2.75) is 26.1 Å². The summed E-state index contributed by atoms with van der Waals surface area (Å²) >= 11 is 0. The Morgan fingerprint density at radius 3 is 2.56 bits per heavy atom. The third-order valence-electron chi connectivity index (χ3n) is 4.24. The van der Waals surface area contributed by atoms with Crippen molar-refractivity contribution in [1.82, 2.24) is 20.2 Å². The van der Waals surface area contributed by atoms with Crippen LogP contribution in [0.4, 0.5) is 4.79 Å². The number of ether oxygens (including phenoxy) is 1. The monoisotopic (exact) mass is 366 g/mol. The molecule has 0 saturated heterocycles. The van der Waals surface area contributed by atoms with E-state index in [4.69, 9.17) is 4.74 Å². The minimum absolute atomic E-state index is 0.154. The molecule has 2 aromatic carbocycles. The number of aryl methyl sites for hydroxylation is 1. The normalized spacial score (nSPS) is 11.8. The molecule has 0 bridgehead atoms. The van der Waals surface area contributed by atoms with Crippen molar-refractivity contribution in [1.29, 1.82) is 0 Å². The summed E-state index contributed by atoms with van der Waals surface area (Å²) in [5.41, 5.74) is 2.75. The van der Waals surface area contributed by atoms with E-state index >= 15 is 0 Å². The van der Waals surface area contributed by atoms with Crippen LogP contribution in [0, 0.1) is 0 Å². The zero-order valence-corrected chi connectivity index (χ0v) is 15.3. The Kier molecular flexibility index (Phi) is 5.71. The van der Waals surface area contributed by atoms with Gasteiger partial charge in [0, 0.05) is 7.05 Å². The van der Waals surface area contributed by atoms with Crippen molar-refractivity contribution in [2.75, 3.05) is 0 Å². The third kappa shape index (κ3) is 4.63. The van der Waals surface area contributed by atoms with Gasteiger partial charge in [-0.1, -0.05) is 42.5 Å². The van der Waals surface area contributed by atoms with Crippen molar-refractivity contribution < 1.29 is 14.3 Å². The maximum absolute atomic E-state index is 12.2. The number of nitrogens with zero attached hydrogens (tertiary/aromatic N) is 2. The number of rotatable bonds is 6. The van der Waals surface area contributed by atoms with Crippen LogP contribution in [0.15, 0.2) is 54.6 Å². The second-order valence-corrected chi connectivity index (χ2v) is 6.22. The highest BCUT2D eigenvalue weighted by Crippen LogP contribution is 2.13. The Morgan fingerprint density at radius 1 is 1.11 bits per heavy atom. The standard InChI is InChI=1S/C20H22N4O3/c1-14(22-20(26)27-13-15-8-4-3-5-9-15)19(25)21-12-18-23-16-10-6-7-11-17(16)24(18)2/h3-11,14H,12-13H2,1-2H3,(H,21,25)(H,22,26). The van der Waals surface area contributed by atoms with Crippen molar-refractivity contribution in [2.24, 2.45) is 7.05 Å². The van der Waals surface area contributed by atoms with E-state index in [0.29, 0.717) is 0 Å². The van der Waals surface area contributed by atoms with Crippen LogP contribution in [0.5, 0.6) is 0 Å². The molecule has 0 spiro atoms. The highest BCUT2D eigenvalue weighted by molar-refractivity contribution is 5.85. The number of hydrogen-bond donors (Lipinski definition) is 2. The maximum atomic E-state index is 12.2. The number of amides is 2. The number of benzene rings is 2. The summed E-state index contributed by atoms with van der Waals surface area (Å²) in [5.74, 6) is 0.433. The SMILES string of the molecule is CC(NC(=O)OCc1ccccc1)C(=O)NCc1nc2ccccc2n1C. The number of hydrogen-bond acceptors (Lipinski definition) is 4. The van der Waals surface area contributed by atoms with Gasteiger partial charge in [0.1, 0.15) is 18.5 Å². The number of carbonyl (C=O) groups excluding carboxylic acids is 2. The molecule has 0 saturated carbocycles. The molecule has 7 heteroatoms. The van der Waals surface area contributed by atoms with Gasteiger partial charge in [0.25, 0.3) is 0 Å². The molecule has 3 rings (SSSR count). The molecule has 0 aliphatic heterocycles. The molecular formula is C20H22N4O3. The van der Waals surface area contributed by atoms with Crippen LogP contribution < -0.4 is 10.6 Å². The first kappa shape index (κ1) is 18.4. The summed E-state index contributed by atoms with van der Waals surface area (Å²) in [6, 6.07) is 16.4. The predicted molar refractivity (Wildman–Crippen MR) is 102 cm³/mol. The van der Waals surface area contributed by atoms with Crippen LogP contribution in [0.3, 0.4) is 0 Å². The lowest BCUT2D eigenvalue weighted by Crippen LogP contribution is -2.44. The fourth-order valence-electron chi connectivity index (χ4n) is 2.68. The highest BCUT2D eigenvalue weighted by Gasteiger charge is 2.17. The average Bonchev–Trinajstić information content (AvgIpc) is 3.01. The van der Waals surface area contributed by atoms with Gasteiger partial charge in [-0.25, -0.2) is 9.78 Å². The summed E-state index contributed by atoms with van der Waals surface area (Å²) in [5, 5.41) is 5.31. The summed E-state index contributed by atoms with van der Waals surface area (Å²) in [4.78, 5) is 28.6. The molecule has 2 amide bonds. The molecule has 7 nitrogen and oxygen atoms in total. The smallest absolute Gasteiger partial charge is 0.408 e. The van der Waals surface area contributed by atoms with Crippen LogP contribution in [0.2, 0.25) is 0 Å². The minimum Gasteiger partial charge on any atom is -0.445 e. The molecule has 1 aromatic heterocycles. The molecule has 27 heavy (non-hydrogen) atoms. The topological polar surface area (TPSA) is 85.2 Å². The Hall–Kier alpha value is -3.35. The Bertz CT molecular complexity index is 937. The van der Waals surface area contributed by atoms with Crippen molar-refractivity contribution >= 4 is 23.0 Å². The van der Waals surface area contributed by atoms with Gasteiger partial charge >= 0.3 is 6.09 Å². The third-order valence-corrected chi connectivity index (χ3v) is 4.24. The maximum Gasteiger partial charge on any atom is 0.408 e. The Labute approximate surface area is 157 Å². The van der Waals surface area contributed by atoms with E-state index < -0.39 is 12.1 Å². The first-order valence-corrected chi connectivity index (χ1v) is 8.70. The molecule has 3 aromatic rings. The van der Waals surface area contributed by atoms with Crippen molar-refractivity contribution in [3.05, 3.63) is 66.0 Å². The van der Waals surface area contributed by atoms with E-state index in [0.717, 1.165) is 22.4 Å². The summed E-state index contributed by atoms with van der Waals surface area (Å²) < 4.78 is 7.06. The van der Waals surface area contributed by atoms with Gasteiger partial charge < -0.3 is 19.9 Å². The van der Waals surface area contributed by atoms with E-state index in [1.54, 1.807) is 6.92 Å². The summed E-state index contributed by atoms with van der Waals surface area (Å²) in [6.07, 6.45) is -0.635. The zero-order valence-electron chi connectivity index (χ0n) is 15.3. The van der Waals surface area contributed by atoms with Gasteiger partial charge in [-0.2, -0.15) is 0 Å². The number of carbonyl (C=O) groups is 2. The average molecular weight is 366 g/mol. The summed E-state index contributed by atoms with van der Waals surface area (Å²) in [6.45, 7) is 2.03. The zero-order chi connectivity index (χ0) is 19.2. The van der Waals surface area contributed by atoms with Crippen LogP contribution >= 0.6 is 0 Å². The second-order valence-electron chi connectivity index (χ2n) is 6.22. The summed E-state index contributed by atoms with van der Waals surface area (Å²) in [7, 11) is 1.90. The first-order valence-electron chi connectivity index (χ1n) is 8.70. The molecule has 1 heterocycles. The van der Waals surface area contributed by atoms with E-state index in [1.165, 1.54) is 0 Å². The molecule has 0 fully saturated rings. The largest absolute Gasteiger partial charge is 0.445 e. The van der Waals surface area contributed by atoms with Gasteiger partial charge in [0.2, 0.25) is 5.91 Å². The van der Waals surface area contributed by atoms with Crippen molar-refractivity contribution in [3.63, 3.8) is 0 Å². The number of aromatic nitrogens is 2. The number of para-hydroxylation sites is 2. The number of fused-ring (bicyclic) bond motifs is 1. The van der Waals surface area contributed by atoms with E-state index in [1.807, 2.05) is 66.2 Å². The molecule has 2 N–H and O–H groups in total. The lowest BCUT2D eigenvalue weighted by molar-refractivity contribution is -0.122. The quantitative estimate of drug-likeness (QED) is 0.702. The first-order chi connectivity index (χ1) is 13.0. The molecule has 0 aliphatic carbocycles. The second kappa shape index (κ2) is 8.35. The number of nitrogens with one attached hydrogen (secondary N) is 2. The van der Waals surface area contributed by atoms with E-state index in [9.17, 15) is 9.59 Å². The van der Waals surface area contributed by atoms with Crippen LogP contribution in [-0.2, 0) is 29.7 Å². The van der Waals surface area contributed by atoms with Crippen LogP contribution in [0.1, 0.15) is 18.3 Å². The van der Waals surface area contributed by atoms with Gasteiger partial charge in [0.15, 0.2) is 0 Å². The van der Waals surface area contributed by atoms with Gasteiger partial charge in [-0.15, -0.1) is 0 Å². The molecule has 0 radical (unpaired) electrons. The molecule has 1 unspecified atom stereocenters. The predicted octanol–water partition coefficient (Wildman–Crippen LogP) is 2.50. The van der Waals surface area contributed by atoms with Gasteiger partial charge in [-0.3, -0.25) is 4.79 Å². The molecule has 1 atom stereocenters. The van der Waals surface area contributed by atoms with Gasteiger partial charge in [-0.05, 0) is 24.6 Å². The van der Waals surface area contributed by atoms with E-state index in [-0.39, 0.29) is 19.1 Å². The van der Waals surface area contributed by atoms with Crippen molar-refractivity contribution in [3.8, 4) is 0 Å². The minimum atomic E-state index is -0.719. The van der Waals surface area contributed by atoms with Crippen LogP contribution in [-0.4, -0.2) is 27.6 Å². The van der Waals surface area contributed by atoms with E-state index in [2.05, 4.69) is 15.6 Å². The molecule has 140 valence electrons. The van der Waals surface area contributed by atoms with Gasteiger partial charge in [0.05, 0.1) is 17.6 Å². The molecule has 0 aliphatic rings. The fraction of sp³-hybridized carbons (Fsp3) is 0.250. The fourth-order valence-corrected chi connectivity index (χ4v) is 2.68. The van der Waals surface area contributed by atoms with Crippen LogP contribution in [0.25, 0.3) is 11.0 Å². The Balaban J connectivity index is 1.48. The number of alkyl carbamates (subject to hydrolysis) is 1. The lowest BCUT2D eigenvalue weighted by atomic mass is 10.2. The Morgan fingerprint density at radius 2 is 1.81 bits per heavy atom. The lowest BCUT2D eigenvalue weighted by Gasteiger charge is -2.14. The highest BCUT2D eigenvalue weighted by atomic mass is 16.5.